The summed E-state index contributed by atoms with van der Waals surface area (Å²) < 4.78 is 14.0. The molecule has 1 atom stereocenters. The molecule has 1 heterocycles. The highest BCUT2D eigenvalue weighted by atomic mass is 79.9. The molecule has 1 aromatic carbocycles. The lowest BCUT2D eigenvalue weighted by molar-refractivity contribution is 0.199. The molecule has 88 valence electrons. The summed E-state index contributed by atoms with van der Waals surface area (Å²) in [4.78, 5) is 2.35. The lowest BCUT2D eigenvalue weighted by Crippen LogP contribution is -2.48. The molecule has 4 heteroatoms. The highest BCUT2D eigenvalue weighted by Crippen LogP contribution is 2.16. The van der Waals surface area contributed by atoms with Gasteiger partial charge in [-0.3, -0.25) is 4.90 Å². The molecule has 0 aromatic heterocycles. The third kappa shape index (κ3) is 3.27. The van der Waals surface area contributed by atoms with Gasteiger partial charge in [-0.15, -0.1) is 0 Å². The lowest BCUT2D eigenvalue weighted by atomic mass is 10.1. The fraction of sp³-hybridized carbons (Fsp3) is 0.500. The molecule has 0 unspecified atom stereocenters. The van der Waals surface area contributed by atoms with Crippen LogP contribution in [0.15, 0.2) is 22.7 Å². The predicted molar refractivity (Wildman–Crippen MR) is 66.8 cm³/mol. The van der Waals surface area contributed by atoms with Crippen LogP contribution in [-0.4, -0.2) is 30.6 Å². The minimum atomic E-state index is -0.174. The van der Waals surface area contributed by atoms with Crippen molar-refractivity contribution >= 4 is 15.9 Å². The largest absolute Gasteiger partial charge is 0.312 e. The first-order chi connectivity index (χ1) is 7.63. The first kappa shape index (κ1) is 12.0. The molecule has 0 aliphatic carbocycles. The molecular weight excluding hydrogens is 271 g/mol. The Morgan fingerprint density at radius 2 is 2.31 bits per heavy atom. The lowest BCUT2D eigenvalue weighted by Gasteiger charge is -2.31. The Hall–Kier alpha value is -0.450. The molecule has 0 amide bonds. The molecule has 0 spiro atoms. The highest BCUT2D eigenvalue weighted by Gasteiger charge is 2.15. The molecule has 0 radical (unpaired) electrons. The van der Waals surface area contributed by atoms with Gasteiger partial charge in [0.1, 0.15) is 5.82 Å². The van der Waals surface area contributed by atoms with Gasteiger partial charge in [-0.2, -0.15) is 0 Å². The third-order valence-electron chi connectivity index (χ3n) is 2.78. The Morgan fingerprint density at radius 1 is 1.50 bits per heavy atom. The molecule has 2 rings (SSSR count). The Morgan fingerprint density at radius 3 is 3.00 bits per heavy atom. The zero-order valence-electron chi connectivity index (χ0n) is 9.34. The molecule has 16 heavy (non-hydrogen) atoms. The summed E-state index contributed by atoms with van der Waals surface area (Å²) in [5, 5.41) is 3.40. The van der Waals surface area contributed by atoms with E-state index in [1.165, 1.54) is 6.07 Å². The van der Waals surface area contributed by atoms with Gasteiger partial charge in [0.25, 0.3) is 0 Å². The van der Waals surface area contributed by atoms with Crippen LogP contribution >= 0.6 is 15.9 Å². The Labute approximate surface area is 104 Å². The standard InChI is InChI=1S/C12H16BrFN2/c1-9-7-16(3-2-15-9)8-10-4-11(13)6-12(14)5-10/h4-6,9,15H,2-3,7-8H2,1H3/t9-/m1/s1. The topological polar surface area (TPSA) is 15.3 Å². The van der Waals surface area contributed by atoms with Crippen LogP contribution in [0.4, 0.5) is 4.39 Å². The van der Waals surface area contributed by atoms with Gasteiger partial charge in [0.2, 0.25) is 0 Å². The van der Waals surface area contributed by atoms with Crippen molar-refractivity contribution in [2.75, 3.05) is 19.6 Å². The van der Waals surface area contributed by atoms with E-state index >= 15 is 0 Å². The average Bonchev–Trinajstić information content (AvgIpc) is 2.15. The summed E-state index contributed by atoms with van der Waals surface area (Å²) in [6.45, 7) is 6.06. The fourth-order valence-corrected chi connectivity index (χ4v) is 2.63. The van der Waals surface area contributed by atoms with Crippen molar-refractivity contribution in [1.29, 1.82) is 0 Å². The molecule has 2 nitrogen and oxygen atoms in total. The number of nitrogens with one attached hydrogen (secondary N) is 1. The van der Waals surface area contributed by atoms with Gasteiger partial charge in [-0.1, -0.05) is 15.9 Å². The molecule has 0 bridgehead atoms. The van der Waals surface area contributed by atoms with Crippen molar-refractivity contribution in [2.45, 2.75) is 19.5 Å². The number of hydrogen-bond acceptors (Lipinski definition) is 2. The Balaban J connectivity index is 2.02. The summed E-state index contributed by atoms with van der Waals surface area (Å²) >= 11 is 3.32. The van der Waals surface area contributed by atoms with E-state index in [0.717, 1.165) is 36.2 Å². The van der Waals surface area contributed by atoms with E-state index < -0.39 is 0 Å². The van der Waals surface area contributed by atoms with E-state index in [2.05, 4.69) is 33.1 Å². The SMILES string of the molecule is C[C@@H]1CN(Cc2cc(F)cc(Br)c2)CCN1. The summed E-state index contributed by atoms with van der Waals surface area (Å²) in [6, 6.07) is 5.60. The second-order valence-corrected chi connectivity index (χ2v) is 5.28. The molecular formula is C12H16BrFN2. The normalized spacial score (nSPS) is 22.3. The van der Waals surface area contributed by atoms with Crippen LogP contribution < -0.4 is 5.32 Å². The second kappa shape index (κ2) is 5.25. The fourth-order valence-electron chi connectivity index (χ4n) is 2.12. The monoisotopic (exact) mass is 286 g/mol. The first-order valence-corrected chi connectivity index (χ1v) is 6.33. The number of halogens is 2. The van der Waals surface area contributed by atoms with Crippen LogP contribution in [0, 0.1) is 5.82 Å². The summed E-state index contributed by atoms with van der Waals surface area (Å²) in [5.41, 5.74) is 1.03. The smallest absolute Gasteiger partial charge is 0.124 e. The quantitative estimate of drug-likeness (QED) is 0.898. The van der Waals surface area contributed by atoms with E-state index in [9.17, 15) is 4.39 Å². The number of nitrogens with zero attached hydrogens (tertiary/aromatic N) is 1. The van der Waals surface area contributed by atoms with Gasteiger partial charge < -0.3 is 5.32 Å². The van der Waals surface area contributed by atoms with Gasteiger partial charge >= 0.3 is 0 Å². The van der Waals surface area contributed by atoms with Gasteiger partial charge in [0.15, 0.2) is 0 Å². The van der Waals surface area contributed by atoms with Crippen molar-refractivity contribution < 1.29 is 4.39 Å². The van der Waals surface area contributed by atoms with E-state index in [-0.39, 0.29) is 5.82 Å². The number of piperazine rings is 1. The summed E-state index contributed by atoms with van der Waals surface area (Å²) in [7, 11) is 0. The van der Waals surface area contributed by atoms with E-state index in [0.29, 0.717) is 6.04 Å². The maximum Gasteiger partial charge on any atom is 0.124 e. The third-order valence-corrected chi connectivity index (χ3v) is 3.24. The second-order valence-electron chi connectivity index (χ2n) is 4.37. The highest BCUT2D eigenvalue weighted by molar-refractivity contribution is 9.10. The summed E-state index contributed by atoms with van der Waals surface area (Å²) in [5.74, 6) is -0.174. The van der Waals surface area contributed by atoms with Crippen molar-refractivity contribution in [1.82, 2.24) is 10.2 Å². The van der Waals surface area contributed by atoms with Crippen molar-refractivity contribution in [3.63, 3.8) is 0 Å². The van der Waals surface area contributed by atoms with Crippen molar-refractivity contribution in [3.8, 4) is 0 Å². The van der Waals surface area contributed by atoms with Crippen LogP contribution in [0.1, 0.15) is 12.5 Å². The molecule has 1 N–H and O–H groups in total. The van der Waals surface area contributed by atoms with Crippen LogP contribution in [0.2, 0.25) is 0 Å². The van der Waals surface area contributed by atoms with Crippen molar-refractivity contribution in [3.05, 3.63) is 34.1 Å². The van der Waals surface area contributed by atoms with Gasteiger partial charge in [0.05, 0.1) is 0 Å². The first-order valence-electron chi connectivity index (χ1n) is 5.54. The summed E-state index contributed by atoms with van der Waals surface area (Å²) in [6.07, 6.45) is 0. The van der Waals surface area contributed by atoms with Gasteiger partial charge in [-0.25, -0.2) is 4.39 Å². The predicted octanol–water partition coefficient (Wildman–Crippen LogP) is 2.38. The number of benzene rings is 1. The number of rotatable bonds is 2. The average molecular weight is 287 g/mol. The molecule has 1 saturated heterocycles. The Kier molecular flexibility index (Phi) is 3.95. The maximum absolute atomic E-state index is 13.2. The zero-order valence-corrected chi connectivity index (χ0v) is 10.9. The molecule has 0 saturated carbocycles. The van der Waals surface area contributed by atoms with Crippen LogP contribution in [0.25, 0.3) is 0 Å². The van der Waals surface area contributed by atoms with E-state index in [1.54, 1.807) is 6.07 Å². The van der Waals surface area contributed by atoms with Gasteiger partial charge in [0, 0.05) is 36.7 Å². The number of hydrogen-bond donors (Lipinski definition) is 1. The van der Waals surface area contributed by atoms with Crippen molar-refractivity contribution in [2.24, 2.45) is 0 Å². The minimum Gasteiger partial charge on any atom is -0.312 e. The van der Waals surface area contributed by atoms with E-state index in [1.807, 2.05) is 6.07 Å². The van der Waals surface area contributed by atoms with Crippen LogP contribution in [0.5, 0.6) is 0 Å². The molecule has 1 aromatic rings. The Bertz CT molecular complexity index is 350. The van der Waals surface area contributed by atoms with E-state index in [4.69, 9.17) is 0 Å². The van der Waals surface area contributed by atoms with Crippen LogP contribution in [0.3, 0.4) is 0 Å². The van der Waals surface area contributed by atoms with Crippen LogP contribution in [-0.2, 0) is 6.54 Å². The van der Waals surface area contributed by atoms with Gasteiger partial charge in [-0.05, 0) is 30.7 Å². The molecule has 1 aliphatic rings. The molecule has 1 fully saturated rings. The zero-order chi connectivity index (χ0) is 11.5. The maximum atomic E-state index is 13.2. The molecule has 1 aliphatic heterocycles. The minimum absolute atomic E-state index is 0.174.